The molecule has 144 valence electrons. The first-order valence-corrected chi connectivity index (χ1v) is 9.74. The van der Waals surface area contributed by atoms with Gasteiger partial charge in [0.25, 0.3) is 5.91 Å². The van der Waals surface area contributed by atoms with Gasteiger partial charge in [0, 0.05) is 37.1 Å². The molecule has 5 heteroatoms. The molecule has 1 aliphatic heterocycles. The Bertz CT molecular complexity index is 1030. The van der Waals surface area contributed by atoms with Crippen LogP contribution < -0.4 is 0 Å². The predicted octanol–water partition coefficient (Wildman–Crippen LogP) is 4.13. The first kappa shape index (κ1) is 18.6. The van der Waals surface area contributed by atoms with Crippen molar-refractivity contribution < 1.29 is 9.18 Å². The summed E-state index contributed by atoms with van der Waals surface area (Å²) in [6.45, 7) is 8.30. The Balaban J connectivity index is 1.80. The Kier molecular flexibility index (Phi) is 5.09. The van der Waals surface area contributed by atoms with E-state index in [1.54, 1.807) is 24.3 Å². The number of aryl methyl sites for hydroxylation is 1. The zero-order chi connectivity index (χ0) is 19.7. The van der Waals surface area contributed by atoms with Crippen LogP contribution in [0.15, 0.2) is 48.5 Å². The van der Waals surface area contributed by atoms with E-state index >= 15 is 0 Å². The van der Waals surface area contributed by atoms with Gasteiger partial charge in [0.2, 0.25) is 0 Å². The van der Waals surface area contributed by atoms with E-state index in [0.717, 1.165) is 30.6 Å². The van der Waals surface area contributed by atoms with E-state index in [0.29, 0.717) is 35.4 Å². The number of nitrogens with zero attached hydrogens (tertiary/aromatic N) is 3. The van der Waals surface area contributed by atoms with Crippen molar-refractivity contribution in [3.63, 3.8) is 0 Å². The Morgan fingerprint density at radius 1 is 1.07 bits per heavy atom. The minimum atomic E-state index is -0.337. The van der Waals surface area contributed by atoms with E-state index < -0.39 is 0 Å². The van der Waals surface area contributed by atoms with Crippen molar-refractivity contribution in [1.29, 1.82) is 0 Å². The van der Waals surface area contributed by atoms with Gasteiger partial charge in [0.05, 0.1) is 16.8 Å². The molecule has 4 nitrogen and oxygen atoms in total. The van der Waals surface area contributed by atoms with Crippen LogP contribution >= 0.6 is 0 Å². The monoisotopic (exact) mass is 377 g/mol. The van der Waals surface area contributed by atoms with E-state index in [1.165, 1.54) is 6.07 Å². The van der Waals surface area contributed by atoms with Crippen LogP contribution in [0.2, 0.25) is 0 Å². The molecule has 1 amide bonds. The Labute approximate surface area is 164 Å². The number of fused-ring (bicyclic) bond motifs is 1. The highest BCUT2D eigenvalue weighted by molar-refractivity contribution is 6.07. The summed E-state index contributed by atoms with van der Waals surface area (Å²) in [5.41, 5.74) is 3.27. The summed E-state index contributed by atoms with van der Waals surface area (Å²) in [4.78, 5) is 22.3. The predicted molar refractivity (Wildman–Crippen MR) is 110 cm³/mol. The molecule has 0 spiro atoms. The molecule has 0 radical (unpaired) electrons. The molecule has 1 saturated heterocycles. The Morgan fingerprint density at radius 2 is 1.82 bits per heavy atom. The third kappa shape index (κ3) is 3.50. The number of hydrogen-bond acceptors (Lipinski definition) is 3. The van der Waals surface area contributed by atoms with Crippen molar-refractivity contribution in [3.05, 3.63) is 65.5 Å². The largest absolute Gasteiger partial charge is 0.336 e. The standard InChI is InChI=1S/C23H24FN3O/c1-3-26-10-12-27(13-11-26)23(28)19-15-22(17-6-4-5-7-20(17)24)25-21-9-8-16(2)14-18(19)21/h4-9,14-15H,3,10-13H2,1-2H3. The molecule has 1 aliphatic rings. The number of hydrogen-bond donors (Lipinski definition) is 0. The van der Waals surface area contributed by atoms with Crippen LogP contribution in [0.5, 0.6) is 0 Å². The van der Waals surface area contributed by atoms with E-state index in [9.17, 15) is 9.18 Å². The van der Waals surface area contributed by atoms with Crippen molar-refractivity contribution in [1.82, 2.24) is 14.8 Å². The number of carbonyl (C=O) groups excluding carboxylic acids is 1. The number of likely N-dealkylation sites (N-methyl/N-ethyl adjacent to an activating group) is 1. The number of amides is 1. The maximum atomic E-state index is 14.4. The van der Waals surface area contributed by atoms with Crippen LogP contribution in [0.4, 0.5) is 4.39 Å². The van der Waals surface area contributed by atoms with Crippen molar-refractivity contribution in [2.24, 2.45) is 0 Å². The van der Waals surface area contributed by atoms with Crippen molar-refractivity contribution in [2.75, 3.05) is 32.7 Å². The quantitative estimate of drug-likeness (QED) is 0.689. The van der Waals surface area contributed by atoms with E-state index in [-0.39, 0.29) is 11.7 Å². The number of aromatic nitrogens is 1. The van der Waals surface area contributed by atoms with Crippen LogP contribution in [-0.2, 0) is 0 Å². The number of benzene rings is 2. The lowest BCUT2D eigenvalue weighted by molar-refractivity contribution is 0.0645. The summed E-state index contributed by atoms with van der Waals surface area (Å²) >= 11 is 0. The molecule has 0 aliphatic carbocycles. The lowest BCUT2D eigenvalue weighted by Crippen LogP contribution is -2.48. The van der Waals surface area contributed by atoms with Gasteiger partial charge >= 0.3 is 0 Å². The zero-order valence-electron chi connectivity index (χ0n) is 16.3. The molecule has 0 bridgehead atoms. The topological polar surface area (TPSA) is 36.4 Å². The molecule has 0 saturated carbocycles. The molecule has 3 aromatic rings. The molecule has 0 unspecified atom stereocenters. The van der Waals surface area contributed by atoms with Gasteiger partial charge in [-0.05, 0) is 43.8 Å². The molecule has 2 heterocycles. The normalized spacial score (nSPS) is 15.2. The van der Waals surface area contributed by atoms with Crippen molar-refractivity contribution >= 4 is 16.8 Å². The van der Waals surface area contributed by atoms with Crippen LogP contribution in [-0.4, -0.2) is 53.4 Å². The van der Waals surface area contributed by atoms with Crippen LogP contribution in [0.3, 0.4) is 0 Å². The molecule has 28 heavy (non-hydrogen) atoms. The maximum absolute atomic E-state index is 14.4. The highest BCUT2D eigenvalue weighted by Gasteiger charge is 2.24. The summed E-state index contributed by atoms with van der Waals surface area (Å²) in [6, 6.07) is 14.2. The number of pyridine rings is 1. The molecule has 0 atom stereocenters. The smallest absolute Gasteiger partial charge is 0.254 e. The average molecular weight is 377 g/mol. The van der Waals surface area contributed by atoms with E-state index in [1.807, 2.05) is 30.0 Å². The van der Waals surface area contributed by atoms with Crippen molar-refractivity contribution in [2.45, 2.75) is 13.8 Å². The second-order valence-electron chi connectivity index (χ2n) is 7.28. The molecule has 1 aromatic heterocycles. The number of piperazine rings is 1. The molecule has 0 N–H and O–H groups in total. The third-order valence-corrected chi connectivity index (χ3v) is 5.45. The number of carbonyl (C=O) groups is 1. The number of halogens is 1. The number of rotatable bonds is 3. The van der Waals surface area contributed by atoms with Gasteiger partial charge in [0.15, 0.2) is 0 Å². The van der Waals surface area contributed by atoms with Gasteiger partial charge in [-0.15, -0.1) is 0 Å². The van der Waals surface area contributed by atoms with Crippen molar-refractivity contribution in [3.8, 4) is 11.3 Å². The van der Waals surface area contributed by atoms with Gasteiger partial charge in [-0.3, -0.25) is 4.79 Å². The SMILES string of the molecule is CCN1CCN(C(=O)c2cc(-c3ccccc3F)nc3ccc(C)cc23)CC1. The summed E-state index contributed by atoms with van der Waals surface area (Å²) in [5.74, 6) is -0.345. The van der Waals surface area contributed by atoms with Crippen LogP contribution in [0, 0.1) is 12.7 Å². The maximum Gasteiger partial charge on any atom is 0.254 e. The second-order valence-corrected chi connectivity index (χ2v) is 7.28. The molecule has 2 aromatic carbocycles. The Morgan fingerprint density at radius 3 is 2.54 bits per heavy atom. The van der Waals surface area contributed by atoms with Crippen LogP contribution in [0.1, 0.15) is 22.8 Å². The summed E-state index contributed by atoms with van der Waals surface area (Å²) in [5, 5.41) is 0.822. The van der Waals surface area contributed by atoms with E-state index in [4.69, 9.17) is 0 Å². The molecule has 4 rings (SSSR count). The minimum absolute atomic E-state index is 0.00802. The second kappa shape index (κ2) is 7.68. The summed E-state index contributed by atoms with van der Waals surface area (Å²) in [6.07, 6.45) is 0. The lowest BCUT2D eigenvalue weighted by Gasteiger charge is -2.34. The first-order chi connectivity index (χ1) is 13.6. The third-order valence-electron chi connectivity index (χ3n) is 5.45. The fourth-order valence-corrected chi connectivity index (χ4v) is 3.76. The van der Waals surface area contributed by atoms with E-state index in [2.05, 4.69) is 16.8 Å². The highest BCUT2D eigenvalue weighted by Crippen LogP contribution is 2.28. The fraction of sp³-hybridized carbons (Fsp3) is 0.304. The minimum Gasteiger partial charge on any atom is -0.336 e. The molecular weight excluding hydrogens is 353 g/mol. The molecular formula is C23H24FN3O. The lowest BCUT2D eigenvalue weighted by atomic mass is 10.0. The zero-order valence-corrected chi connectivity index (χ0v) is 16.3. The average Bonchev–Trinajstić information content (AvgIpc) is 2.73. The van der Waals surface area contributed by atoms with Gasteiger partial charge in [-0.2, -0.15) is 0 Å². The fourth-order valence-electron chi connectivity index (χ4n) is 3.76. The highest BCUT2D eigenvalue weighted by atomic mass is 19.1. The van der Waals surface area contributed by atoms with Crippen LogP contribution in [0.25, 0.3) is 22.2 Å². The summed E-state index contributed by atoms with van der Waals surface area (Å²) in [7, 11) is 0. The van der Waals surface area contributed by atoms with Gasteiger partial charge < -0.3 is 9.80 Å². The van der Waals surface area contributed by atoms with Gasteiger partial charge in [-0.1, -0.05) is 30.7 Å². The first-order valence-electron chi connectivity index (χ1n) is 9.74. The molecule has 1 fully saturated rings. The Hall–Kier alpha value is -2.79. The van der Waals surface area contributed by atoms with Gasteiger partial charge in [-0.25, -0.2) is 9.37 Å². The summed E-state index contributed by atoms with van der Waals surface area (Å²) < 4.78 is 14.4. The van der Waals surface area contributed by atoms with Gasteiger partial charge in [0.1, 0.15) is 5.82 Å².